The third-order valence-corrected chi connectivity index (χ3v) is 4.77. The van der Waals surface area contributed by atoms with Gasteiger partial charge in [-0.15, -0.1) is 0 Å². The van der Waals surface area contributed by atoms with Gasteiger partial charge in [-0.3, -0.25) is 9.45 Å². The van der Waals surface area contributed by atoms with E-state index in [1.165, 1.54) is 11.3 Å². The zero-order valence-corrected chi connectivity index (χ0v) is 18.2. The normalized spacial score (nSPS) is 14.3. The van der Waals surface area contributed by atoms with E-state index in [1.54, 1.807) is 19.4 Å². The van der Waals surface area contributed by atoms with E-state index >= 15 is 0 Å². The van der Waals surface area contributed by atoms with Crippen LogP contribution in [0.1, 0.15) is 10.4 Å². The van der Waals surface area contributed by atoms with Crippen LogP contribution >= 0.6 is 11.3 Å². The average Bonchev–Trinajstić information content (AvgIpc) is 3.14. The van der Waals surface area contributed by atoms with Crippen LogP contribution in [0.25, 0.3) is 0 Å². The highest BCUT2D eigenvalue weighted by atomic mass is 32.2. The highest BCUT2D eigenvalue weighted by molar-refractivity contribution is 7.85. The lowest BCUT2D eigenvalue weighted by molar-refractivity contribution is 0.136. The Morgan fingerprint density at radius 1 is 1.33 bits per heavy atom. The summed E-state index contributed by atoms with van der Waals surface area (Å²) in [5.41, 5.74) is 1.14. The molecule has 2 aromatic rings. The number of pyridine rings is 1. The first-order valence-corrected chi connectivity index (χ1v) is 11.5. The Hall–Kier alpha value is -2.79. The average molecular weight is 454 g/mol. The van der Waals surface area contributed by atoms with Crippen molar-refractivity contribution in [1.82, 2.24) is 25.1 Å². The lowest BCUT2D eigenvalue weighted by Crippen LogP contribution is -2.50. The van der Waals surface area contributed by atoms with Gasteiger partial charge < -0.3 is 15.5 Å². The summed E-state index contributed by atoms with van der Waals surface area (Å²) in [5.74, 6) is 0.709. The van der Waals surface area contributed by atoms with Gasteiger partial charge in [0.1, 0.15) is 16.8 Å². The minimum absolute atomic E-state index is 0.0183. The molecule has 3 N–H and O–H groups in total. The number of rotatable bonds is 4. The third-order valence-electron chi connectivity index (χ3n) is 3.95. The van der Waals surface area contributed by atoms with E-state index in [0.717, 1.165) is 38.3 Å². The Labute approximate surface area is 179 Å². The van der Waals surface area contributed by atoms with Gasteiger partial charge in [0.2, 0.25) is 0 Å². The Bertz CT molecular complexity index is 988. The Kier molecular flexibility index (Phi) is 8.48. The van der Waals surface area contributed by atoms with E-state index in [2.05, 4.69) is 31.6 Å². The summed E-state index contributed by atoms with van der Waals surface area (Å²) in [7, 11) is -2.01. The first-order chi connectivity index (χ1) is 14.2. The molecule has 2 amide bonds. The van der Waals surface area contributed by atoms with Crippen molar-refractivity contribution in [3.05, 3.63) is 35.0 Å². The van der Waals surface area contributed by atoms with Crippen molar-refractivity contribution in [2.45, 2.75) is 6.54 Å². The number of piperazine rings is 1. The zero-order valence-electron chi connectivity index (χ0n) is 16.6. The Morgan fingerprint density at radius 3 is 2.57 bits per heavy atom. The van der Waals surface area contributed by atoms with E-state index in [4.69, 9.17) is 9.81 Å². The van der Waals surface area contributed by atoms with Crippen LogP contribution < -0.4 is 10.6 Å². The molecule has 0 bridgehead atoms. The molecular formula is C17H23N7O4S2. The van der Waals surface area contributed by atoms with Crippen molar-refractivity contribution in [2.24, 2.45) is 0 Å². The highest BCUT2D eigenvalue weighted by Gasteiger charge is 2.20. The van der Waals surface area contributed by atoms with Gasteiger partial charge in [-0.05, 0) is 17.7 Å². The summed E-state index contributed by atoms with van der Waals surface area (Å²) in [5, 5.41) is 15.3. The standard InChI is InChI=1S/C16H19N7OS.CH4O3S/c1-18-16(24)23-6-4-22(5-7-23)11-12-2-3-19-14(8-12)21-15-20-10-13(9-17)25-15;1-5(2,3)4/h2-3,8,10H,4-7,11H2,1H3,(H,18,24)(H,19,20,21);1H3,(H,2,3,4). The molecule has 0 saturated carbocycles. The number of aromatic nitrogens is 2. The number of carbonyl (C=O) groups excluding carboxylic acids is 1. The van der Waals surface area contributed by atoms with Crippen LogP contribution in [-0.2, 0) is 16.7 Å². The molecule has 1 aliphatic rings. The maximum Gasteiger partial charge on any atom is 0.317 e. The summed E-state index contributed by atoms with van der Waals surface area (Å²) in [6, 6.07) is 6.02. The minimum atomic E-state index is -3.67. The molecule has 0 spiro atoms. The fourth-order valence-electron chi connectivity index (χ4n) is 2.66. The number of amides is 2. The molecule has 13 heteroatoms. The summed E-state index contributed by atoms with van der Waals surface area (Å²) in [6.07, 6.45) is 4.02. The molecule has 0 radical (unpaired) electrons. The maximum absolute atomic E-state index is 11.6. The van der Waals surface area contributed by atoms with Crippen molar-refractivity contribution in [2.75, 3.05) is 44.8 Å². The largest absolute Gasteiger partial charge is 0.341 e. The van der Waals surface area contributed by atoms with Crippen molar-refractivity contribution >= 4 is 38.4 Å². The number of nitriles is 1. The molecule has 162 valence electrons. The van der Waals surface area contributed by atoms with Crippen molar-refractivity contribution in [3.8, 4) is 6.07 Å². The van der Waals surface area contributed by atoms with Gasteiger partial charge in [-0.1, -0.05) is 11.3 Å². The van der Waals surface area contributed by atoms with Gasteiger partial charge in [-0.25, -0.2) is 14.8 Å². The number of thiazole rings is 1. The van der Waals surface area contributed by atoms with E-state index < -0.39 is 10.1 Å². The Balaban J connectivity index is 0.000000575. The van der Waals surface area contributed by atoms with Gasteiger partial charge >= 0.3 is 6.03 Å². The molecular weight excluding hydrogens is 430 g/mol. The van der Waals surface area contributed by atoms with Gasteiger partial charge in [-0.2, -0.15) is 13.7 Å². The number of nitrogens with zero attached hydrogens (tertiary/aromatic N) is 5. The smallest absolute Gasteiger partial charge is 0.317 e. The number of urea groups is 1. The predicted octanol–water partition coefficient (Wildman–Crippen LogP) is 1.11. The van der Waals surface area contributed by atoms with Crippen molar-refractivity contribution in [1.29, 1.82) is 5.26 Å². The number of nitrogens with one attached hydrogen (secondary N) is 2. The molecule has 3 heterocycles. The zero-order chi connectivity index (χ0) is 22.1. The fraction of sp³-hybridized carbons (Fsp3) is 0.412. The van der Waals surface area contributed by atoms with E-state index in [0.29, 0.717) is 22.1 Å². The topological polar surface area (TPSA) is 152 Å². The number of carbonyl (C=O) groups is 1. The second kappa shape index (κ2) is 10.8. The Morgan fingerprint density at radius 2 is 2.00 bits per heavy atom. The van der Waals surface area contributed by atoms with Crippen LogP contribution in [0, 0.1) is 11.3 Å². The van der Waals surface area contributed by atoms with Gasteiger partial charge in [0.05, 0.1) is 12.5 Å². The van der Waals surface area contributed by atoms with Crippen LogP contribution in [0.15, 0.2) is 24.5 Å². The molecule has 11 nitrogen and oxygen atoms in total. The second-order valence-corrected chi connectivity index (χ2v) is 8.86. The number of anilines is 2. The quantitative estimate of drug-likeness (QED) is 0.578. The summed E-state index contributed by atoms with van der Waals surface area (Å²) in [6.45, 7) is 3.95. The lowest BCUT2D eigenvalue weighted by Gasteiger charge is -2.34. The summed E-state index contributed by atoms with van der Waals surface area (Å²) < 4.78 is 25.9. The lowest BCUT2D eigenvalue weighted by atomic mass is 10.2. The summed E-state index contributed by atoms with van der Waals surface area (Å²) in [4.78, 5) is 24.8. The van der Waals surface area contributed by atoms with Crippen molar-refractivity contribution < 1.29 is 17.8 Å². The van der Waals surface area contributed by atoms with Gasteiger partial charge in [0.15, 0.2) is 5.13 Å². The number of hydrogen-bond acceptors (Lipinski definition) is 9. The fourth-order valence-corrected chi connectivity index (χ4v) is 3.28. The molecule has 0 atom stereocenters. The van der Waals surface area contributed by atoms with Crippen LogP contribution in [-0.4, -0.2) is 78.3 Å². The predicted molar refractivity (Wildman–Crippen MR) is 113 cm³/mol. The molecule has 0 unspecified atom stereocenters. The molecule has 1 saturated heterocycles. The molecule has 0 aliphatic carbocycles. The third kappa shape index (κ3) is 8.29. The second-order valence-electron chi connectivity index (χ2n) is 6.37. The van der Waals surface area contributed by atoms with E-state index in [9.17, 15) is 13.2 Å². The van der Waals surface area contributed by atoms with E-state index in [-0.39, 0.29) is 6.03 Å². The highest BCUT2D eigenvalue weighted by Crippen LogP contribution is 2.21. The molecule has 2 aromatic heterocycles. The van der Waals surface area contributed by atoms with E-state index in [1.807, 2.05) is 17.0 Å². The number of hydrogen-bond donors (Lipinski definition) is 3. The van der Waals surface area contributed by atoms with Gasteiger partial charge in [0, 0.05) is 46.0 Å². The van der Waals surface area contributed by atoms with Crippen LogP contribution in [0.5, 0.6) is 0 Å². The molecule has 1 aliphatic heterocycles. The van der Waals surface area contributed by atoms with Crippen LogP contribution in [0.3, 0.4) is 0 Å². The SMILES string of the molecule is CNC(=O)N1CCN(Cc2ccnc(Nc3ncc(C#N)s3)c2)CC1.CS(=O)(=O)O. The minimum Gasteiger partial charge on any atom is -0.341 e. The first kappa shape index (κ1) is 23.5. The molecule has 0 aromatic carbocycles. The summed E-state index contributed by atoms with van der Waals surface area (Å²) >= 11 is 1.30. The first-order valence-electron chi connectivity index (χ1n) is 8.87. The van der Waals surface area contributed by atoms with Crippen LogP contribution in [0.2, 0.25) is 0 Å². The molecule has 1 fully saturated rings. The molecule has 30 heavy (non-hydrogen) atoms. The monoisotopic (exact) mass is 453 g/mol. The maximum atomic E-state index is 11.6. The van der Waals surface area contributed by atoms with Crippen molar-refractivity contribution in [3.63, 3.8) is 0 Å². The molecule has 3 rings (SSSR count). The van der Waals surface area contributed by atoms with Gasteiger partial charge in [0.25, 0.3) is 10.1 Å². The van der Waals surface area contributed by atoms with Crippen LogP contribution in [0.4, 0.5) is 15.7 Å².